The minimum absolute atomic E-state index is 0.163. The largest absolute Gasteiger partial charge is 0.464 e. The first kappa shape index (κ1) is 15.0. The molecule has 2 aromatic rings. The molecule has 1 heterocycles. The van der Waals surface area contributed by atoms with Crippen molar-refractivity contribution in [1.29, 1.82) is 0 Å². The minimum atomic E-state index is -0.875. The standard InChI is InChI=1S/C13H7Cl3FNO2/c1-20-13(19)12-8(17)4-5-9(18-12)6-2-3-7(14)11(16)10(6)15/h2-5H,1H3. The van der Waals surface area contributed by atoms with Crippen molar-refractivity contribution in [3.63, 3.8) is 0 Å². The number of carbonyl (C=O) groups is 1. The van der Waals surface area contributed by atoms with E-state index in [1.165, 1.54) is 12.1 Å². The van der Waals surface area contributed by atoms with Crippen LogP contribution in [0.5, 0.6) is 0 Å². The number of ether oxygens (including phenoxy) is 1. The monoisotopic (exact) mass is 333 g/mol. The van der Waals surface area contributed by atoms with Crippen molar-refractivity contribution >= 4 is 40.8 Å². The lowest BCUT2D eigenvalue weighted by atomic mass is 10.1. The van der Waals surface area contributed by atoms with Crippen LogP contribution in [0.25, 0.3) is 11.3 Å². The third kappa shape index (κ3) is 2.73. The lowest BCUT2D eigenvalue weighted by Crippen LogP contribution is -2.08. The molecule has 1 aromatic heterocycles. The Morgan fingerprint density at radius 3 is 2.50 bits per heavy atom. The number of esters is 1. The molecule has 0 aliphatic heterocycles. The van der Waals surface area contributed by atoms with E-state index < -0.39 is 17.5 Å². The van der Waals surface area contributed by atoms with Gasteiger partial charge in [0.15, 0.2) is 11.5 Å². The van der Waals surface area contributed by atoms with Crippen LogP contribution in [0.1, 0.15) is 10.5 Å². The Hall–Kier alpha value is -1.36. The molecule has 0 saturated carbocycles. The van der Waals surface area contributed by atoms with Crippen LogP contribution < -0.4 is 0 Å². The fourth-order valence-electron chi connectivity index (χ4n) is 1.56. The summed E-state index contributed by atoms with van der Waals surface area (Å²) in [5.41, 5.74) is 0.300. The van der Waals surface area contributed by atoms with Crippen LogP contribution in [0.15, 0.2) is 24.3 Å². The molecule has 0 aliphatic rings. The number of benzene rings is 1. The number of pyridine rings is 1. The van der Waals surface area contributed by atoms with Crippen LogP contribution in [-0.2, 0) is 4.74 Å². The van der Waals surface area contributed by atoms with Crippen LogP contribution in [0.2, 0.25) is 15.1 Å². The molecule has 2 rings (SSSR count). The highest BCUT2D eigenvalue weighted by atomic mass is 35.5. The summed E-state index contributed by atoms with van der Waals surface area (Å²) < 4.78 is 18.0. The predicted octanol–water partition coefficient (Wildman–Crippen LogP) is 4.63. The van der Waals surface area contributed by atoms with Gasteiger partial charge in [0.1, 0.15) is 0 Å². The van der Waals surface area contributed by atoms with Crippen molar-refractivity contribution in [3.8, 4) is 11.3 Å². The molecule has 0 fully saturated rings. The molecule has 3 nitrogen and oxygen atoms in total. The van der Waals surface area contributed by atoms with Gasteiger partial charge in [-0.15, -0.1) is 0 Å². The fraction of sp³-hybridized carbons (Fsp3) is 0.0769. The molecule has 0 atom stereocenters. The molecule has 0 N–H and O–H groups in total. The van der Waals surface area contributed by atoms with Crippen molar-refractivity contribution < 1.29 is 13.9 Å². The Balaban J connectivity index is 2.60. The number of rotatable bonds is 2. The maximum atomic E-state index is 13.5. The Morgan fingerprint density at radius 2 is 1.85 bits per heavy atom. The maximum absolute atomic E-state index is 13.5. The molecule has 0 amide bonds. The Morgan fingerprint density at radius 1 is 1.15 bits per heavy atom. The molecule has 1 aromatic carbocycles. The average Bonchev–Trinajstić information content (AvgIpc) is 2.45. The zero-order valence-electron chi connectivity index (χ0n) is 10.1. The SMILES string of the molecule is COC(=O)c1nc(-c2ccc(Cl)c(Cl)c2Cl)ccc1F. The second-order valence-corrected chi connectivity index (χ2v) is 4.90. The van der Waals surface area contributed by atoms with E-state index in [1.54, 1.807) is 6.07 Å². The first-order valence-electron chi connectivity index (χ1n) is 5.34. The highest BCUT2D eigenvalue weighted by Gasteiger charge is 2.18. The number of hydrogen-bond acceptors (Lipinski definition) is 3. The number of halogens is 4. The van der Waals surface area contributed by atoms with Gasteiger partial charge in [-0.1, -0.05) is 34.8 Å². The molecular formula is C13H7Cl3FNO2. The molecule has 0 spiro atoms. The van der Waals surface area contributed by atoms with Crippen molar-refractivity contribution in [2.24, 2.45) is 0 Å². The second-order valence-electron chi connectivity index (χ2n) is 3.74. The topological polar surface area (TPSA) is 39.2 Å². The molecule has 0 bridgehead atoms. The van der Waals surface area contributed by atoms with Crippen LogP contribution in [0.4, 0.5) is 4.39 Å². The molecule has 20 heavy (non-hydrogen) atoms. The predicted molar refractivity (Wildman–Crippen MR) is 76.0 cm³/mol. The van der Waals surface area contributed by atoms with Gasteiger partial charge in [0.05, 0.1) is 27.9 Å². The summed E-state index contributed by atoms with van der Waals surface area (Å²) in [5.74, 6) is -1.66. The molecule has 0 unspecified atom stereocenters. The summed E-state index contributed by atoms with van der Waals surface area (Å²) in [4.78, 5) is 15.3. The molecule has 7 heteroatoms. The van der Waals surface area contributed by atoms with Crippen LogP contribution >= 0.6 is 34.8 Å². The Kier molecular flexibility index (Phi) is 4.48. The van der Waals surface area contributed by atoms with E-state index in [-0.39, 0.29) is 20.8 Å². The number of aromatic nitrogens is 1. The second kappa shape index (κ2) is 5.95. The summed E-state index contributed by atoms with van der Waals surface area (Å²) in [7, 11) is 1.14. The summed E-state index contributed by atoms with van der Waals surface area (Å²) in [5, 5.41) is 0.626. The van der Waals surface area contributed by atoms with Crippen molar-refractivity contribution in [2.75, 3.05) is 7.11 Å². The van der Waals surface area contributed by atoms with E-state index >= 15 is 0 Å². The summed E-state index contributed by atoms with van der Waals surface area (Å²) in [6, 6.07) is 5.60. The summed E-state index contributed by atoms with van der Waals surface area (Å²) >= 11 is 17.8. The smallest absolute Gasteiger partial charge is 0.359 e. The van der Waals surface area contributed by atoms with Crippen LogP contribution in [0, 0.1) is 5.82 Å². The lowest BCUT2D eigenvalue weighted by Gasteiger charge is -2.08. The Labute approximate surface area is 129 Å². The first-order valence-corrected chi connectivity index (χ1v) is 6.47. The van der Waals surface area contributed by atoms with E-state index in [1.807, 2.05) is 0 Å². The van der Waals surface area contributed by atoms with Crippen LogP contribution in [-0.4, -0.2) is 18.1 Å². The van der Waals surface area contributed by atoms with Gasteiger partial charge < -0.3 is 4.74 Å². The number of methoxy groups -OCH3 is 1. The van der Waals surface area contributed by atoms with Gasteiger partial charge in [-0.25, -0.2) is 14.2 Å². The number of hydrogen-bond donors (Lipinski definition) is 0. The lowest BCUT2D eigenvalue weighted by molar-refractivity contribution is 0.0588. The van der Waals surface area contributed by atoms with E-state index in [0.29, 0.717) is 5.56 Å². The molecule has 0 radical (unpaired) electrons. The third-order valence-electron chi connectivity index (χ3n) is 2.54. The van der Waals surface area contributed by atoms with Crippen LogP contribution in [0.3, 0.4) is 0 Å². The minimum Gasteiger partial charge on any atom is -0.464 e. The normalized spacial score (nSPS) is 10.4. The molecule has 104 valence electrons. The van der Waals surface area contributed by atoms with Gasteiger partial charge in [-0.05, 0) is 24.3 Å². The first-order chi connectivity index (χ1) is 9.45. The van der Waals surface area contributed by atoms with Gasteiger partial charge in [-0.2, -0.15) is 0 Å². The number of nitrogens with zero attached hydrogens (tertiary/aromatic N) is 1. The van der Waals surface area contributed by atoms with Crippen molar-refractivity contribution in [3.05, 3.63) is 50.8 Å². The zero-order chi connectivity index (χ0) is 14.9. The molecule has 0 aliphatic carbocycles. The van der Waals surface area contributed by atoms with E-state index in [4.69, 9.17) is 34.8 Å². The van der Waals surface area contributed by atoms with E-state index in [0.717, 1.165) is 13.2 Å². The summed E-state index contributed by atoms with van der Waals surface area (Å²) in [6.07, 6.45) is 0. The van der Waals surface area contributed by atoms with Gasteiger partial charge in [-0.3, -0.25) is 0 Å². The van der Waals surface area contributed by atoms with E-state index in [9.17, 15) is 9.18 Å². The quantitative estimate of drug-likeness (QED) is 0.593. The third-order valence-corrected chi connectivity index (χ3v) is 3.83. The highest BCUT2D eigenvalue weighted by Crippen LogP contribution is 2.37. The molecule has 0 saturated heterocycles. The maximum Gasteiger partial charge on any atom is 0.359 e. The highest BCUT2D eigenvalue weighted by molar-refractivity contribution is 6.49. The van der Waals surface area contributed by atoms with Crippen molar-refractivity contribution in [2.45, 2.75) is 0 Å². The average molecular weight is 335 g/mol. The van der Waals surface area contributed by atoms with Gasteiger partial charge in [0, 0.05) is 5.56 Å². The fourth-order valence-corrected chi connectivity index (χ4v) is 2.19. The van der Waals surface area contributed by atoms with Gasteiger partial charge in [0.25, 0.3) is 0 Å². The number of carbonyl (C=O) groups excluding carboxylic acids is 1. The zero-order valence-corrected chi connectivity index (χ0v) is 12.4. The van der Waals surface area contributed by atoms with E-state index in [2.05, 4.69) is 9.72 Å². The molecular weight excluding hydrogens is 328 g/mol. The Bertz CT molecular complexity index is 692. The summed E-state index contributed by atoms with van der Waals surface area (Å²) in [6.45, 7) is 0. The van der Waals surface area contributed by atoms with Gasteiger partial charge in [0.2, 0.25) is 0 Å². The van der Waals surface area contributed by atoms with Crippen molar-refractivity contribution in [1.82, 2.24) is 4.98 Å². The van der Waals surface area contributed by atoms with Gasteiger partial charge >= 0.3 is 5.97 Å².